The van der Waals surface area contributed by atoms with Gasteiger partial charge in [-0.05, 0) is 61.7 Å². The van der Waals surface area contributed by atoms with Gasteiger partial charge < -0.3 is 5.32 Å². The van der Waals surface area contributed by atoms with Crippen molar-refractivity contribution in [3.8, 4) is 0 Å². The average Bonchev–Trinajstić information content (AvgIpc) is 3.15. The van der Waals surface area contributed by atoms with E-state index in [9.17, 15) is 21.6 Å². The highest BCUT2D eigenvalue weighted by atomic mass is 32.2. The summed E-state index contributed by atoms with van der Waals surface area (Å²) in [6.45, 7) is 4.23. The van der Waals surface area contributed by atoms with Crippen molar-refractivity contribution >= 4 is 31.6 Å². The van der Waals surface area contributed by atoms with Crippen LogP contribution in [0.25, 0.3) is 0 Å². The molecule has 0 aromatic heterocycles. The van der Waals surface area contributed by atoms with Gasteiger partial charge in [-0.2, -0.15) is 4.31 Å². The van der Waals surface area contributed by atoms with Crippen LogP contribution in [0.4, 0.5) is 5.69 Å². The molecule has 2 aromatic rings. The van der Waals surface area contributed by atoms with E-state index in [0.29, 0.717) is 24.2 Å². The van der Waals surface area contributed by atoms with Gasteiger partial charge in [0, 0.05) is 31.7 Å². The second kappa shape index (κ2) is 8.60. The number of fused-ring (bicyclic) bond motifs is 1. The Bertz CT molecular complexity index is 1190. The van der Waals surface area contributed by atoms with Gasteiger partial charge in [-0.15, -0.1) is 0 Å². The number of amides is 1. The van der Waals surface area contributed by atoms with Gasteiger partial charge in [0.05, 0.1) is 16.8 Å². The zero-order valence-corrected chi connectivity index (χ0v) is 19.6. The maximum atomic E-state index is 12.5. The highest BCUT2D eigenvalue weighted by molar-refractivity contribution is 7.92. The number of sulfonamides is 2. The summed E-state index contributed by atoms with van der Waals surface area (Å²) in [5.41, 5.74) is 2.65. The molecule has 1 aliphatic rings. The van der Waals surface area contributed by atoms with E-state index < -0.39 is 20.0 Å². The Labute approximate surface area is 184 Å². The number of nitrogens with zero attached hydrogens (tertiary/aromatic N) is 2. The predicted octanol–water partition coefficient (Wildman–Crippen LogP) is 1.97. The molecule has 0 bridgehead atoms. The van der Waals surface area contributed by atoms with Gasteiger partial charge in [0.1, 0.15) is 0 Å². The lowest BCUT2D eigenvalue weighted by molar-refractivity contribution is 0.0951. The fourth-order valence-electron chi connectivity index (χ4n) is 3.36. The number of anilines is 1. The summed E-state index contributed by atoms with van der Waals surface area (Å²) in [7, 11) is -5.34. The number of nitrogens with one attached hydrogen (secondary N) is 1. The fourth-order valence-corrected chi connectivity index (χ4v) is 5.69. The van der Waals surface area contributed by atoms with E-state index in [1.807, 2.05) is 0 Å². The van der Waals surface area contributed by atoms with Crippen LogP contribution in [0.1, 0.15) is 35.3 Å². The lowest BCUT2D eigenvalue weighted by Gasteiger charge is -2.21. The van der Waals surface area contributed by atoms with E-state index in [0.717, 1.165) is 11.1 Å². The topological polar surface area (TPSA) is 104 Å². The molecule has 1 aliphatic heterocycles. The van der Waals surface area contributed by atoms with Gasteiger partial charge in [-0.25, -0.2) is 16.8 Å². The van der Waals surface area contributed by atoms with Crippen molar-refractivity contribution in [2.24, 2.45) is 0 Å². The van der Waals surface area contributed by atoms with Crippen LogP contribution in [0.2, 0.25) is 0 Å². The van der Waals surface area contributed by atoms with Crippen molar-refractivity contribution in [2.75, 3.05) is 24.2 Å². The molecular weight excluding hydrogens is 438 g/mol. The lowest BCUT2D eigenvalue weighted by atomic mass is 10.1. The molecule has 0 unspecified atom stereocenters. The Morgan fingerprint density at radius 2 is 1.74 bits per heavy atom. The van der Waals surface area contributed by atoms with Crippen LogP contribution >= 0.6 is 0 Å². The summed E-state index contributed by atoms with van der Waals surface area (Å²) in [5, 5.41) is 2.82. The van der Waals surface area contributed by atoms with Crippen molar-refractivity contribution in [3.63, 3.8) is 0 Å². The average molecular weight is 466 g/mol. The van der Waals surface area contributed by atoms with Crippen LogP contribution in [0, 0.1) is 0 Å². The zero-order chi connectivity index (χ0) is 23.0. The van der Waals surface area contributed by atoms with E-state index >= 15 is 0 Å². The third-order valence-corrected chi connectivity index (χ3v) is 8.60. The highest BCUT2D eigenvalue weighted by Crippen LogP contribution is 2.30. The Hall–Kier alpha value is -2.43. The number of hydrogen-bond donors (Lipinski definition) is 1. The first-order valence-electron chi connectivity index (χ1n) is 9.87. The predicted molar refractivity (Wildman–Crippen MR) is 120 cm³/mol. The van der Waals surface area contributed by atoms with E-state index in [4.69, 9.17) is 0 Å². The fraction of sp³-hybridized carbons (Fsp3) is 0.381. The molecule has 1 N–H and O–H groups in total. The van der Waals surface area contributed by atoms with Crippen molar-refractivity contribution in [3.05, 3.63) is 59.2 Å². The highest BCUT2D eigenvalue weighted by Gasteiger charge is 2.27. The van der Waals surface area contributed by atoms with Gasteiger partial charge >= 0.3 is 0 Å². The Balaban J connectivity index is 1.67. The Morgan fingerprint density at radius 3 is 2.32 bits per heavy atom. The van der Waals surface area contributed by atoms with Gasteiger partial charge in [-0.3, -0.25) is 9.10 Å². The normalized spacial score (nSPS) is 14.2. The Morgan fingerprint density at radius 1 is 1.10 bits per heavy atom. The second-order valence-electron chi connectivity index (χ2n) is 7.87. The quantitative estimate of drug-likeness (QED) is 0.673. The molecule has 0 saturated carbocycles. The third-order valence-electron chi connectivity index (χ3n) is 5.38. The standard InChI is InChI=1S/C21H27N3O5S2/c1-15(2)23(3)31(28,29)19-8-5-16(6-9-19)14-22-21(25)18-7-10-20-17(13-18)11-12-24(20)30(4,26)27/h5-10,13,15H,11-12,14H2,1-4H3,(H,22,25). The second-order valence-corrected chi connectivity index (χ2v) is 11.8. The molecule has 3 rings (SSSR count). The van der Waals surface area contributed by atoms with Gasteiger partial charge in [0.15, 0.2) is 0 Å². The molecule has 1 amide bonds. The van der Waals surface area contributed by atoms with Crippen molar-refractivity contribution in [1.29, 1.82) is 0 Å². The number of carbonyl (C=O) groups excluding carboxylic acids is 1. The monoisotopic (exact) mass is 465 g/mol. The summed E-state index contributed by atoms with van der Waals surface area (Å²) < 4.78 is 51.4. The molecule has 8 nitrogen and oxygen atoms in total. The van der Waals surface area contributed by atoms with E-state index in [1.165, 1.54) is 27.0 Å². The van der Waals surface area contributed by atoms with Crippen LogP contribution in [0.15, 0.2) is 47.4 Å². The number of benzene rings is 2. The zero-order valence-electron chi connectivity index (χ0n) is 18.0. The van der Waals surface area contributed by atoms with Crippen molar-refractivity contribution in [1.82, 2.24) is 9.62 Å². The number of carbonyl (C=O) groups is 1. The molecule has 0 aliphatic carbocycles. The molecule has 0 atom stereocenters. The van der Waals surface area contributed by atoms with E-state index in [-0.39, 0.29) is 23.4 Å². The van der Waals surface area contributed by atoms with Crippen LogP contribution in [-0.4, -0.2) is 52.9 Å². The maximum absolute atomic E-state index is 12.5. The molecular formula is C21H27N3O5S2. The van der Waals surface area contributed by atoms with E-state index in [1.54, 1.807) is 51.2 Å². The maximum Gasteiger partial charge on any atom is 0.251 e. The first-order valence-corrected chi connectivity index (χ1v) is 13.2. The van der Waals surface area contributed by atoms with Crippen LogP contribution in [0.3, 0.4) is 0 Å². The molecule has 31 heavy (non-hydrogen) atoms. The van der Waals surface area contributed by atoms with Gasteiger partial charge in [0.2, 0.25) is 20.0 Å². The lowest BCUT2D eigenvalue weighted by Crippen LogP contribution is -2.33. The van der Waals surface area contributed by atoms with Gasteiger partial charge in [-0.1, -0.05) is 12.1 Å². The SMILES string of the molecule is CC(C)N(C)S(=O)(=O)c1ccc(CNC(=O)c2ccc3c(c2)CCN3S(C)(=O)=O)cc1. The summed E-state index contributed by atoms with van der Waals surface area (Å²) in [6, 6.07) is 11.2. The molecule has 0 radical (unpaired) electrons. The molecule has 0 spiro atoms. The third kappa shape index (κ3) is 4.91. The number of rotatable bonds is 7. The molecule has 0 saturated heterocycles. The first kappa shape index (κ1) is 23.2. The van der Waals surface area contributed by atoms with E-state index in [2.05, 4.69) is 5.32 Å². The summed E-state index contributed by atoms with van der Waals surface area (Å²) in [6.07, 6.45) is 1.73. The van der Waals surface area contributed by atoms with Crippen molar-refractivity contribution < 1.29 is 21.6 Å². The largest absolute Gasteiger partial charge is 0.348 e. The molecule has 2 aromatic carbocycles. The molecule has 168 valence electrons. The first-order chi connectivity index (χ1) is 14.4. The number of hydrogen-bond acceptors (Lipinski definition) is 5. The smallest absolute Gasteiger partial charge is 0.251 e. The molecule has 0 fully saturated rings. The summed E-state index contributed by atoms with van der Waals surface area (Å²) in [5.74, 6) is -0.281. The van der Waals surface area contributed by atoms with Crippen LogP contribution in [-0.2, 0) is 33.0 Å². The minimum absolute atomic E-state index is 0.152. The Kier molecular flexibility index (Phi) is 6.45. The minimum atomic E-state index is -3.55. The molecule has 1 heterocycles. The van der Waals surface area contributed by atoms with Gasteiger partial charge in [0.25, 0.3) is 5.91 Å². The summed E-state index contributed by atoms with van der Waals surface area (Å²) >= 11 is 0. The van der Waals surface area contributed by atoms with Crippen molar-refractivity contribution in [2.45, 2.75) is 37.8 Å². The van der Waals surface area contributed by atoms with Crippen LogP contribution in [0.5, 0.6) is 0 Å². The van der Waals surface area contributed by atoms with Crippen LogP contribution < -0.4 is 9.62 Å². The minimum Gasteiger partial charge on any atom is -0.348 e. The summed E-state index contributed by atoms with van der Waals surface area (Å²) in [4.78, 5) is 12.7. The molecule has 10 heteroatoms.